The van der Waals surface area contributed by atoms with Crippen molar-refractivity contribution in [2.24, 2.45) is 0 Å². The van der Waals surface area contributed by atoms with Crippen LogP contribution in [0.15, 0.2) is 46.8 Å². The van der Waals surface area contributed by atoms with Crippen LogP contribution in [0.25, 0.3) is 0 Å². The molecule has 0 spiro atoms. The summed E-state index contributed by atoms with van der Waals surface area (Å²) in [5, 5.41) is 3.27. The average Bonchev–Trinajstić information content (AvgIpc) is 2.67. The highest BCUT2D eigenvalue weighted by molar-refractivity contribution is 6.03. The molecule has 1 aliphatic heterocycles. The summed E-state index contributed by atoms with van der Waals surface area (Å²) in [6, 6.07) is 7.50. The standard InChI is InChI=1S/C21H25NO5/c1-13-18(21(24)27-11-10-25-2)19(14-6-4-7-15(12-14)26-3)20-16(22-13)8-5-9-17(20)23/h4,6-7,12,19,22H,5,8-11H2,1-3H3/t19-/m0/s1. The van der Waals surface area contributed by atoms with Crippen LogP contribution in [0.1, 0.15) is 37.7 Å². The quantitative estimate of drug-likeness (QED) is 0.612. The van der Waals surface area contributed by atoms with Gasteiger partial charge < -0.3 is 19.5 Å². The zero-order chi connectivity index (χ0) is 19.4. The molecule has 0 aromatic heterocycles. The molecule has 0 amide bonds. The van der Waals surface area contributed by atoms with Crippen LogP contribution in [0.2, 0.25) is 0 Å². The first-order chi connectivity index (χ1) is 13.1. The van der Waals surface area contributed by atoms with Crippen LogP contribution in [0.4, 0.5) is 0 Å². The number of benzene rings is 1. The number of rotatable bonds is 6. The third kappa shape index (κ3) is 3.90. The Hall–Kier alpha value is -2.60. The smallest absolute Gasteiger partial charge is 0.336 e. The first-order valence-corrected chi connectivity index (χ1v) is 9.10. The van der Waals surface area contributed by atoms with Crippen molar-refractivity contribution in [1.29, 1.82) is 0 Å². The predicted octanol–water partition coefficient (Wildman–Crippen LogP) is 2.85. The molecule has 0 fully saturated rings. The highest BCUT2D eigenvalue weighted by atomic mass is 16.6. The van der Waals surface area contributed by atoms with E-state index in [1.54, 1.807) is 14.2 Å². The Kier molecular flexibility index (Phi) is 5.96. The van der Waals surface area contributed by atoms with Gasteiger partial charge in [-0.25, -0.2) is 4.79 Å². The monoisotopic (exact) mass is 371 g/mol. The van der Waals surface area contributed by atoms with E-state index in [4.69, 9.17) is 14.2 Å². The number of esters is 1. The molecule has 6 heteroatoms. The summed E-state index contributed by atoms with van der Waals surface area (Å²) in [7, 11) is 3.15. The van der Waals surface area contributed by atoms with Crippen LogP contribution in [0.5, 0.6) is 5.75 Å². The summed E-state index contributed by atoms with van der Waals surface area (Å²) in [5.74, 6) is -0.138. The van der Waals surface area contributed by atoms with Crippen LogP contribution >= 0.6 is 0 Å². The minimum absolute atomic E-state index is 0.0752. The lowest BCUT2D eigenvalue weighted by Crippen LogP contribution is -2.34. The van der Waals surface area contributed by atoms with Crippen molar-refractivity contribution >= 4 is 11.8 Å². The Morgan fingerprint density at radius 1 is 1.22 bits per heavy atom. The van der Waals surface area contributed by atoms with Gasteiger partial charge in [0.05, 0.1) is 19.3 Å². The second-order valence-corrected chi connectivity index (χ2v) is 6.67. The SMILES string of the molecule is COCCOC(=O)C1=C(C)NC2=C(C(=O)CCC2)[C@H]1c1cccc(OC)c1. The number of nitrogens with one attached hydrogen (secondary N) is 1. The Balaban J connectivity index is 2.06. The zero-order valence-corrected chi connectivity index (χ0v) is 16.0. The van der Waals surface area contributed by atoms with Gasteiger partial charge in [0.1, 0.15) is 12.4 Å². The molecule has 0 saturated heterocycles. The molecule has 1 aromatic carbocycles. The molecule has 1 aromatic rings. The number of carbonyl (C=O) groups is 2. The maximum absolute atomic E-state index is 12.9. The first-order valence-electron chi connectivity index (χ1n) is 9.10. The number of dihydropyridines is 1. The molecule has 6 nitrogen and oxygen atoms in total. The van der Waals surface area contributed by atoms with E-state index in [9.17, 15) is 9.59 Å². The van der Waals surface area contributed by atoms with Crippen molar-refractivity contribution in [3.8, 4) is 5.75 Å². The van der Waals surface area contributed by atoms with Gasteiger partial charge in [-0.05, 0) is 37.5 Å². The minimum atomic E-state index is -0.459. The lowest BCUT2D eigenvalue weighted by atomic mass is 9.75. The van der Waals surface area contributed by atoms with E-state index in [-0.39, 0.29) is 12.4 Å². The molecule has 2 aliphatic rings. The Morgan fingerprint density at radius 2 is 2.04 bits per heavy atom. The molecule has 0 bridgehead atoms. The molecule has 0 radical (unpaired) electrons. The summed E-state index contributed by atoms with van der Waals surface area (Å²) in [6.07, 6.45) is 2.10. The summed E-state index contributed by atoms with van der Waals surface area (Å²) in [4.78, 5) is 25.6. The minimum Gasteiger partial charge on any atom is -0.497 e. The molecule has 144 valence electrons. The number of Topliss-reactive ketones (excluding diaryl/α,β-unsaturated/α-hetero) is 1. The molecule has 1 N–H and O–H groups in total. The van der Waals surface area contributed by atoms with E-state index in [1.807, 2.05) is 31.2 Å². The molecule has 1 aliphatic carbocycles. The molecule has 0 saturated carbocycles. The summed E-state index contributed by atoms with van der Waals surface area (Å²) in [5.41, 5.74) is 3.60. The summed E-state index contributed by atoms with van der Waals surface area (Å²) >= 11 is 0. The fraction of sp³-hybridized carbons (Fsp3) is 0.429. The fourth-order valence-corrected chi connectivity index (χ4v) is 3.70. The number of allylic oxidation sites excluding steroid dienone is 3. The van der Waals surface area contributed by atoms with Crippen LogP contribution in [0.3, 0.4) is 0 Å². The van der Waals surface area contributed by atoms with Crippen molar-refractivity contribution in [1.82, 2.24) is 5.32 Å². The van der Waals surface area contributed by atoms with Crippen molar-refractivity contribution in [2.75, 3.05) is 27.4 Å². The zero-order valence-electron chi connectivity index (χ0n) is 16.0. The maximum atomic E-state index is 12.9. The predicted molar refractivity (Wildman–Crippen MR) is 100 cm³/mol. The third-order valence-corrected chi connectivity index (χ3v) is 4.94. The van der Waals surface area contributed by atoms with Crippen molar-refractivity contribution in [2.45, 2.75) is 32.1 Å². The van der Waals surface area contributed by atoms with Gasteiger partial charge in [-0.15, -0.1) is 0 Å². The van der Waals surface area contributed by atoms with Gasteiger partial charge in [0.25, 0.3) is 0 Å². The van der Waals surface area contributed by atoms with Crippen LogP contribution in [0, 0.1) is 0 Å². The fourth-order valence-electron chi connectivity index (χ4n) is 3.70. The van der Waals surface area contributed by atoms with Crippen molar-refractivity contribution in [3.05, 3.63) is 52.4 Å². The Morgan fingerprint density at radius 3 is 2.78 bits per heavy atom. The van der Waals surface area contributed by atoms with E-state index >= 15 is 0 Å². The summed E-state index contributed by atoms with van der Waals surface area (Å²) in [6.45, 7) is 2.34. The molecule has 1 atom stereocenters. The largest absolute Gasteiger partial charge is 0.497 e. The second-order valence-electron chi connectivity index (χ2n) is 6.67. The third-order valence-electron chi connectivity index (χ3n) is 4.94. The van der Waals surface area contributed by atoms with Gasteiger partial charge in [0, 0.05) is 36.4 Å². The molecule has 3 rings (SSSR count). The van der Waals surface area contributed by atoms with Gasteiger partial charge in [-0.3, -0.25) is 4.79 Å². The van der Waals surface area contributed by atoms with Crippen LogP contribution in [-0.4, -0.2) is 39.2 Å². The normalized spacial score (nSPS) is 19.5. The van der Waals surface area contributed by atoms with Crippen molar-refractivity contribution in [3.63, 3.8) is 0 Å². The number of ketones is 1. The molecular formula is C21H25NO5. The number of carbonyl (C=O) groups excluding carboxylic acids is 2. The summed E-state index contributed by atoms with van der Waals surface area (Å²) < 4.78 is 15.7. The number of hydrogen-bond donors (Lipinski definition) is 1. The van der Waals surface area contributed by atoms with E-state index in [1.165, 1.54) is 0 Å². The highest BCUT2D eigenvalue weighted by Crippen LogP contribution is 2.43. The van der Waals surface area contributed by atoms with E-state index in [0.29, 0.717) is 29.9 Å². The van der Waals surface area contributed by atoms with E-state index in [2.05, 4.69) is 5.32 Å². The van der Waals surface area contributed by atoms with E-state index in [0.717, 1.165) is 29.8 Å². The van der Waals surface area contributed by atoms with Crippen LogP contribution < -0.4 is 10.1 Å². The molecule has 27 heavy (non-hydrogen) atoms. The maximum Gasteiger partial charge on any atom is 0.336 e. The second kappa shape index (κ2) is 8.39. The number of methoxy groups -OCH3 is 2. The Bertz CT molecular complexity index is 809. The van der Waals surface area contributed by atoms with Gasteiger partial charge in [-0.2, -0.15) is 0 Å². The average molecular weight is 371 g/mol. The highest BCUT2D eigenvalue weighted by Gasteiger charge is 2.39. The number of ether oxygens (including phenoxy) is 3. The lowest BCUT2D eigenvalue weighted by Gasteiger charge is -2.34. The van der Waals surface area contributed by atoms with Gasteiger partial charge >= 0.3 is 5.97 Å². The topological polar surface area (TPSA) is 73.9 Å². The van der Waals surface area contributed by atoms with Gasteiger partial charge in [0.2, 0.25) is 0 Å². The van der Waals surface area contributed by atoms with Crippen molar-refractivity contribution < 1.29 is 23.8 Å². The van der Waals surface area contributed by atoms with Gasteiger partial charge in [-0.1, -0.05) is 12.1 Å². The lowest BCUT2D eigenvalue weighted by molar-refractivity contribution is -0.140. The van der Waals surface area contributed by atoms with E-state index < -0.39 is 11.9 Å². The molecular weight excluding hydrogens is 346 g/mol. The molecule has 0 unspecified atom stereocenters. The van der Waals surface area contributed by atoms with Gasteiger partial charge in [0.15, 0.2) is 5.78 Å². The molecule has 1 heterocycles. The Labute approximate surface area is 159 Å². The first kappa shape index (κ1) is 19.2. The van der Waals surface area contributed by atoms with Crippen LogP contribution in [-0.2, 0) is 19.1 Å². The number of hydrogen-bond acceptors (Lipinski definition) is 6.